The summed E-state index contributed by atoms with van der Waals surface area (Å²) in [7, 11) is 0. The third-order valence-corrected chi connectivity index (χ3v) is 6.42. The van der Waals surface area contributed by atoms with E-state index < -0.39 is 0 Å². The molecular weight excluding hydrogens is 244 g/mol. The third-order valence-electron chi connectivity index (χ3n) is 6.42. The minimum Gasteiger partial charge on any atom is -0.317 e. The maximum Gasteiger partial charge on any atom is 0.00389 e. The van der Waals surface area contributed by atoms with E-state index in [0.717, 1.165) is 0 Å². The highest BCUT2D eigenvalue weighted by Gasteiger charge is 2.36. The van der Waals surface area contributed by atoms with Crippen molar-refractivity contribution in [1.82, 2.24) is 10.2 Å². The Balaban J connectivity index is 1.89. The first kappa shape index (κ1) is 16.3. The zero-order valence-corrected chi connectivity index (χ0v) is 14.1. The lowest BCUT2D eigenvalue weighted by Gasteiger charge is -2.46. The molecule has 2 rings (SSSR count). The third kappa shape index (κ3) is 3.76. The van der Waals surface area contributed by atoms with Crippen molar-refractivity contribution in [2.75, 3.05) is 32.7 Å². The summed E-state index contributed by atoms with van der Waals surface area (Å²) in [5.74, 6) is 0. The SMILES string of the molecule is CCCC1(CN2CCC(CC)(CC)CC2)CCNCC1. The van der Waals surface area contributed by atoms with Crippen molar-refractivity contribution in [3.05, 3.63) is 0 Å². The first-order valence-corrected chi connectivity index (χ1v) is 9.11. The molecule has 2 heteroatoms. The van der Waals surface area contributed by atoms with Gasteiger partial charge in [0.15, 0.2) is 0 Å². The fraction of sp³-hybridized carbons (Fsp3) is 1.00. The van der Waals surface area contributed by atoms with E-state index in [-0.39, 0.29) is 0 Å². The summed E-state index contributed by atoms with van der Waals surface area (Å²) in [6.45, 7) is 13.7. The van der Waals surface area contributed by atoms with Crippen LogP contribution in [0.15, 0.2) is 0 Å². The van der Waals surface area contributed by atoms with Gasteiger partial charge in [-0.1, -0.05) is 40.0 Å². The van der Waals surface area contributed by atoms with Gasteiger partial charge in [0, 0.05) is 6.54 Å². The molecule has 0 aliphatic carbocycles. The molecule has 118 valence electrons. The van der Waals surface area contributed by atoms with Crippen molar-refractivity contribution in [3.63, 3.8) is 0 Å². The largest absolute Gasteiger partial charge is 0.317 e. The molecular formula is C18H36N2. The first-order valence-electron chi connectivity index (χ1n) is 9.11. The van der Waals surface area contributed by atoms with Crippen LogP contribution in [0.4, 0.5) is 0 Å². The lowest BCUT2D eigenvalue weighted by molar-refractivity contribution is 0.0426. The molecule has 0 radical (unpaired) electrons. The van der Waals surface area contributed by atoms with Gasteiger partial charge in [0.25, 0.3) is 0 Å². The number of hydrogen-bond acceptors (Lipinski definition) is 2. The minimum atomic E-state index is 0.623. The second-order valence-corrected chi connectivity index (χ2v) is 7.48. The van der Waals surface area contributed by atoms with Crippen LogP contribution in [-0.4, -0.2) is 37.6 Å². The van der Waals surface area contributed by atoms with Crippen LogP contribution >= 0.6 is 0 Å². The van der Waals surface area contributed by atoms with E-state index in [4.69, 9.17) is 0 Å². The number of rotatable bonds is 6. The summed E-state index contributed by atoms with van der Waals surface area (Å²) in [4.78, 5) is 2.80. The Morgan fingerprint density at radius 3 is 1.95 bits per heavy atom. The molecule has 2 heterocycles. The molecule has 2 nitrogen and oxygen atoms in total. The monoisotopic (exact) mass is 280 g/mol. The van der Waals surface area contributed by atoms with Crippen molar-refractivity contribution in [3.8, 4) is 0 Å². The van der Waals surface area contributed by atoms with E-state index in [1.807, 2.05) is 0 Å². The van der Waals surface area contributed by atoms with Crippen molar-refractivity contribution in [1.29, 1.82) is 0 Å². The van der Waals surface area contributed by atoms with Crippen LogP contribution in [0.25, 0.3) is 0 Å². The molecule has 0 aromatic rings. The summed E-state index contributed by atoms with van der Waals surface area (Å²) in [6.07, 6.45) is 11.2. The predicted molar refractivity (Wildman–Crippen MR) is 88.1 cm³/mol. The van der Waals surface area contributed by atoms with Crippen LogP contribution in [-0.2, 0) is 0 Å². The van der Waals surface area contributed by atoms with Crippen molar-refractivity contribution < 1.29 is 0 Å². The molecule has 0 amide bonds. The van der Waals surface area contributed by atoms with Crippen LogP contribution in [0.2, 0.25) is 0 Å². The number of likely N-dealkylation sites (tertiary alicyclic amines) is 1. The lowest BCUT2D eigenvalue weighted by atomic mass is 9.72. The highest BCUT2D eigenvalue weighted by molar-refractivity contribution is 4.90. The van der Waals surface area contributed by atoms with E-state index in [9.17, 15) is 0 Å². The molecule has 0 aromatic heterocycles. The van der Waals surface area contributed by atoms with E-state index >= 15 is 0 Å². The molecule has 0 bridgehead atoms. The van der Waals surface area contributed by atoms with Gasteiger partial charge in [0.1, 0.15) is 0 Å². The molecule has 0 saturated carbocycles. The summed E-state index contributed by atoms with van der Waals surface area (Å²) in [5.41, 5.74) is 1.29. The fourth-order valence-corrected chi connectivity index (χ4v) is 4.59. The summed E-state index contributed by atoms with van der Waals surface area (Å²) in [5, 5.41) is 3.55. The van der Waals surface area contributed by atoms with Gasteiger partial charge in [-0.25, -0.2) is 0 Å². The van der Waals surface area contributed by atoms with Gasteiger partial charge in [-0.15, -0.1) is 0 Å². The van der Waals surface area contributed by atoms with E-state index in [1.54, 1.807) is 0 Å². The van der Waals surface area contributed by atoms with Crippen molar-refractivity contribution in [2.24, 2.45) is 10.8 Å². The van der Waals surface area contributed by atoms with Gasteiger partial charge in [-0.2, -0.15) is 0 Å². The predicted octanol–water partition coefficient (Wildman–Crippen LogP) is 4.06. The zero-order valence-electron chi connectivity index (χ0n) is 14.1. The van der Waals surface area contributed by atoms with E-state index in [1.165, 1.54) is 84.1 Å². The van der Waals surface area contributed by atoms with Gasteiger partial charge < -0.3 is 10.2 Å². The fourth-order valence-electron chi connectivity index (χ4n) is 4.59. The van der Waals surface area contributed by atoms with E-state index in [0.29, 0.717) is 10.8 Å². The minimum absolute atomic E-state index is 0.623. The lowest BCUT2D eigenvalue weighted by Crippen LogP contribution is -2.48. The highest BCUT2D eigenvalue weighted by atomic mass is 15.1. The topological polar surface area (TPSA) is 15.3 Å². The van der Waals surface area contributed by atoms with Gasteiger partial charge in [0.05, 0.1) is 0 Å². The van der Waals surface area contributed by atoms with Gasteiger partial charge in [-0.05, 0) is 69.1 Å². The molecule has 2 fully saturated rings. The van der Waals surface area contributed by atoms with Crippen LogP contribution in [0, 0.1) is 10.8 Å². The van der Waals surface area contributed by atoms with Crippen LogP contribution in [0.5, 0.6) is 0 Å². The zero-order chi connectivity index (χ0) is 14.5. The number of nitrogens with one attached hydrogen (secondary N) is 1. The van der Waals surface area contributed by atoms with Gasteiger partial charge in [-0.3, -0.25) is 0 Å². The van der Waals surface area contributed by atoms with Crippen molar-refractivity contribution in [2.45, 2.75) is 72.1 Å². The maximum absolute atomic E-state index is 3.55. The summed E-state index contributed by atoms with van der Waals surface area (Å²) < 4.78 is 0. The maximum atomic E-state index is 3.55. The van der Waals surface area contributed by atoms with Gasteiger partial charge >= 0.3 is 0 Å². The van der Waals surface area contributed by atoms with E-state index in [2.05, 4.69) is 31.0 Å². The second kappa shape index (κ2) is 7.26. The molecule has 2 saturated heterocycles. The van der Waals surface area contributed by atoms with Crippen LogP contribution in [0.3, 0.4) is 0 Å². The Morgan fingerprint density at radius 1 is 0.850 bits per heavy atom. The average molecular weight is 280 g/mol. The Kier molecular flexibility index (Phi) is 5.92. The molecule has 20 heavy (non-hydrogen) atoms. The molecule has 0 atom stereocenters. The quantitative estimate of drug-likeness (QED) is 0.789. The standard InChI is InChI=1S/C18H36N2/c1-4-7-18(8-12-19-13-9-18)16-20-14-10-17(5-2,6-3)11-15-20/h19H,4-16H2,1-3H3. The Labute approximate surface area is 126 Å². The summed E-state index contributed by atoms with van der Waals surface area (Å²) in [6, 6.07) is 0. The molecule has 0 aromatic carbocycles. The Bertz CT molecular complexity index is 262. The van der Waals surface area contributed by atoms with Crippen molar-refractivity contribution >= 4 is 0 Å². The Morgan fingerprint density at radius 2 is 1.45 bits per heavy atom. The normalized spacial score (nSPS) is 26.6. The average Bonchev–Trinajstić information content (AvgIpc) is 2.49. The number of nitrogens with zero attached hydrogens (tertiary/aromatic N) is 1. The molecule has 1 N–H and O–H groups in total. The smallest absolute Gasteiger partial charge is 0.00389 e. The molecule has 0 unspecified atom stereocenters. The second-order valence-electron chi connectivity index (χ2n) is 7.48. The summed E-state index contributed by atoms with van der Waals surface area (Å²) >= 11 is 0. The highest BCUT2D eigenvalue weighted by Crippen LogP contribution is 2.40. The molecule has 2 aliphatic rings. The Hall–Kier alpha value is -0.0800. The first-order chi connectivity index (χ1) is 9.67. The van der Waals surface area contributed by atoms with Gasteiger partial charge in [0.2, 0.25) is 0 Å². The number of hydrogen-bond donors (Lipinski definition) is 1. The van der Waals surface area contributed by atoms with Crippen LogP contribution in [0.1, 0.15) is 72.1 Å². The molecule has 2 aliphatic heterocycles. The molecule has 0 spiro atoms. The van der Waals surface area contributed by atoms with Crippen LogP contribution < -0.4 is 5.32 Å². The number of piperidine rings is 2.